The molecule has 0 N–H and O–H groups in total. The number of nitrogens with zero attached hydrogens (tertiary/aromatic N) is 3. The van der Waals surface area contributed by atoms with Gasteiger partial charge in [0, 0.05) is 5.56 Å². The summed E-state index contributed by atoms with van der Waals surface area (Å²) in [6.07, 6.45) is 1.43. The molecule has 1 aromatic heterocycles. The zero-order valence-corrected chi connectivity index (χ0v) is 4.90. The molecule has 9 heavy (non-hydrogen) atoms. The third kappa shape index (κ3) is 1.28. The summed E-state index contributed by atoms with van der Waals surface area (Å²) in [5.74, 6) is 0. The fourth-order valence-corrected chi connectivity index (χ4v) is 0.392. The van der Waals surface area contributed by atoms with E-state index in [0.29, 0.717) is 5.56 Å². The van der Waals surface area contributed by atoms with Crippen molar-refractivity contribution in [2.75, 3.05) is 0 Å². The van der Waals surface area contributed by atoms with Crippen molar-refractivity contribution in [2.24, 2.45) is 0 Å². The molecule has 0 unspecified atom stereocenters. The Kier molecular flexibility index (Phi) is 1.48. The molecule has 0 radical (unpaired) electrons. The molecule has 0 saturated heterocycles. The quantitative estimate of drug-likeness (QED) is 0.468. The predicted molar refractivity (Wildman–Crippen MR) is 30.8 cm³/mol. The van der Waals surface area contributed by atoms with E-state index in [1.807, 2.05) is 0 Å². The third-order valence-corrected chi connectivity index (χ3v) is 0.916. The first-order chi connectivity index (χ1) is 4.30. The van der Waals surface area contributed by atoms with Gasteiger partial charge < -0.3 is 0 Å². The molecule has 1 heterocycles. The Balaban J connectivity index is 3.42. The lowest BCUT2D eigenvalue weighted by atomic mass is 10.4. The van der Waals surface area contributed by atoms with Gasteiger partial charge in [0.05, 0.1) is 6.20 Å². The lowest BCUT2D eigenvalue weighted by Gasteiger charge is -1.70. The number of aryl methyl sites for hydroxylation is 1. The first-order valence-corrected chi connectivity index (χ1v) is 2.46. The van der Waals surface area contributed by atoms with Crippen LogP contribution in [0.2, 0.25) is 0 Å². The van der Waals surface area contributed by atoms with Gasteiger partial charge in [0.2, 0.25) is 0 Å². The van der Waals surface area contributed by atoms with Crippen LogP contribution in [-0.2, 0) is 0 Å². The largest absolute Gasteiger partial charge is 0.292 e. The average molecular weight is 123 g/mol. The Labute approximate surface area is 51.6 Å². The Hall–Kier alpha value is -1.32. The van der Waals surface area contributed by atoms with Crippen LogP contribution in [0.25, 0.3) is 0 Å². The molecule has 1 aromatic rings. The maximum absolute atomic E-state index is 10.6. The van der Waals surface area contributed by atoms with E-state index in [1.54, 1.807) is 13.0 Å². The maximum Gasteiger partial charge on any atom is 0.292 e. The first kappa shape index (κ1) is 5.81. The SMILES string of the molecule is Cc1ccnnnc1=O. The Bertz CT molecular complexity index is 260. The average Bonchev–Trinajstić information content (AvgIpc) is 1.99. The summed E-state index contributed by atoms with van der Waals surface area (Å²) < 4.78 is 0. The van der Waals surface area contributed by atoms with E-state index >= 15 is 0 Å². The molecular weight excluding hydrogens is 118 g/mol. The molecule has 0 atom stereocenters. The van der Waals surface area contributed by atoms with Crippen LogP contribution in [0.15, 0.2) is 17.1 Å². The number of rotatable bonds is 0. The van der Waals surface area contributed by atoms with Crippen molar-refractivity contribution in [3.05, 3.63) is 28.2 Å². The number of aromatic nitrogens is 3. The van der Waals surface area contributed by atoms with Gasteiger partial charge in [0.1, 0.15) is 0 Å². The number of hydrogen-bond donors (Lipinski definition) is 0. The summed E-state index contributed by atoms with van der Waals surface area (Å²) in [5.41, 5.74) is 0.229. The molecule has 0 aromatic carbocycles. The highest BCUT2D eigenvalue weighted by atomic mass is 16.1. The zero-order chi connectivity index (χ0) is 6.69. The second-order valence-electron chi connectivity index (χ2n) is 1.61. The van der Waals surface area contributed by atoms with Crippen LogP contribution in [0.3, 0.4) is 0 Å². The van der Waals surface area contributed by atoms with E-state index < -0.39 is 0 Å². The van der Waals surface area contributed by atoms with Crippen LogP contribution >= 0.6 is 0 Å². The topological polar surface area (TPSA) is 55.7 Å². The Morgan fingerprint density at radius 1 is 1.56 bits per heavy atom. The van der Waals surface area contributed by atoms with E-state index in [-0.39, 0.29) is 5.56 Å². The fourth-order valence-electron chi connectivity index (χ4n) is 0.392. The van der Waals surface area contributed by atoms with Crippen LogP contribution in [0.1, 0.15) is 5.56 Å². The highest BCUT2D eigenvalue weighted by Gasteiger charge is 1.86. The van der Waals surface area contributed by atoms with E-state index in [9.17, 15) is 4.79 Å². The minimum atomic E-state index is -0.326. The molecule has 4 heteroatoms. The smallest absolute Gasteiger partial charge is 0.265 e. The summed E-state index contributed by atoms with van der Waals surface area (Å²) in [5, 5.41) is 9.83. The normalized spacial score (nSPS) is 9.00. The zero-order valence-electron chi connectivity index (χ0n) is 4.90. The van der Waals surface area contributed by atoms with E-state index in [0.717, 1.165) is 0 Å². The van der Waals surface area contributed by atoms with Gasteiger partial charge in [-0.25, -0.2) is 0 Å². The molecule has 0 saturated carbocycles. The minimum absolute atomic E-state index is 0.326. The highest BCUT2D eigenvalue weighted by molar-refractivity contribution is 5.00. The monoisotopic (exact) mass is 123 g/mol. The molecule has 0 fully saturated rings. The Morgan fingerprint density at radius 2 is 2.33 bits per heavy atom. The van der Waals surface area contributed by atoms with Crippen LogP contribution in [0.4, 0.5) is 0 Å². The molecule has 1 rings (SSSR count). The highest BCUT2D eigenvalue weighted by Crippen LogP contribution is 1.76. The second kappa shape index (κ2) is 2.30. The van der Waals surface area contributed by atoms with Crippen molar-refractivity contribution in [3.63, 3.8) is 0 Å². The predicted octanol–water partition coefficient (Wildman–Crippen LogP) is -0.460. The Morgan fingerprint density at radius 3 is 3.11 bits per heavy atom. The summed E-state index contributed by atoms with van der Waals surface area (Å²) in [6, 6.07) is 1.57. The van der Waals surface area contributed by atoms with Gasteiger partial charge in [-0.3, -0.25) is 4.79 Å². The maximum atomic E-state index is 10.6. The van der Waals surface area contributed by atoms with E-state index in [1.165, 1.54) is 6.20 Å². The van der Waals surface area contributed by atoms with Crippen molar-refractivity contribution in [2.45, 2.75) is 6.92 Å². The lowest BCUT2D eigenvalue weighted by Crippen LogP contribution is -2.05. The van der Waals surface area contributed by atoms with E-state index in [2.05, 4.69) is 15.4 Å². The van der Waals surface area contributed by atoms with E-state index in [4.69, 9.17) is 0 Å². The molecule has 0 spiro atoms. The molecule has 0 aliphatic heterocycles. The summed E-state index contributed by atoms with van der Waals surface area (Å²) in [7, 11) is 0. The van der Waals surface area contributed by atoms with Gasteiger partial charge >= 0.3 is 0 Å². The first-order valence-electron chi connectivity index (χ1n) is 2.46. The fraction of sp³-hybridized carbons (Fsp3) is 0.200. The molecule has 4 nitrogen and oxygen atoms in total. The molecular formula is C5H5N3O. The number of hydrogen-bond acceptors (Lipinski definition) is 4. The van der Waals surface area contributed by atoms with Gasteiger partial charge in [0.15, 0.2) is 0 Å². The van der Waals surface area contributed by atoms with Crippen molar-refractivity contribution >= 4 is 0 Å². The molecule has 0 aliphatic carbocycles. The standard InChI is InChI=1S/C5H5N3O/c1-4-2-3-6-8-7-5(4)9/h2-3H,1H3. The van der Waals surface area contributed by atoms with Gasteiger partial charge in [-0.05, 0) is 18.2 Å². The third-order valence-electron chi connectivity index (χ3n) is 0.916. The van der Waals surface area contributed by atoms with Crippen LogP contribution in [0.5, 0.6) is 0 Å². The van der Waals surface area contributed by atoms with Crippen molar-refractivity contribution in [1.82, 2.24) is 15.4 Å². The van der Waals surface area contributed by atoms with Crippen LogP contribution < -0.4 is 5.56 Å². The van der Waals surface area contributed by atoms with Crippen molar-refractivity contribution < 1.29 is 0 Å². The summed E-state index contributed by atoms with van der Waals surface area (Å²) in [6.45, 7) is 1.67. The summed E-state index contributed by atoms with van der Waals surface area (Å²) >= 11 is 0. The lowest BCUT2D eigenvalue weighted by molar-refractivity contribution is 0.869. The molecule has 0 bridgehead atoms. The summed E-state index contributed by atoms with van der Waals surface area (Å²) in [4.78, 5) is 10.6. The molecule has 0 amide bonds. The molecule has 0 aliphatic rings. The van der Waals surface area contributed by atoms with Crippen molar-refractivity contribution in [1.29, 1.82) is 0 Å². The van der Waals surface area contributed by atoms with Gasteiger partial charge in [0.25, 0.3) is 5.56 Å². The minimum Gasteiger partial charge on any atom is -0.265 e. The van der Waals surface area contributed by atoms with Gasteiger partial charge in [-0.15, -0.1) is 5.10 Å². The van der Waals surface area contributed by atoms with Gasteiger partial charge in [-0.1, -0.05) is 5.10 Å². The van der Waals surface area contributed by atoms with Crippen LogP contribution in [0, 0.1) is 6.92 Å². The van der Waals surface area contributed by atoms with Crippen molar-refractivity contribution in [3.8, 4) is 0 Å². The van der Waals surface area contributed by atoms with Crippen LogP contribution in [-0.4, -0.2) is 15.4 Å². The second-order valence-corrected chi connectivity index (χ2v) is 1.61. The molecule has 46 valence electrons. The van der Waals surface area contributed by atoms with Gasteiger partial charge in [-0.2, -0.15) is 0 Å².